The van der Waals surface area contributed by atoms with Gasteiger partial charge in [0.1, 0.15) is 0 Å². The van der Waals surface area contributed by atoms with E-state index >= 15 is 0 Å². The molecule has 16 heavy (non-hydrogen) atoms. The molecule has 1 fully saturated rings. The number of ether oxygens (including phenoxy) is 1. The Kier molecular flexibility index (Phi) is 4.17. The van der Waals surface area contributed by atoms with E-state index in [-0.39, 0.29) is 5.97 Å². The standard InChI is InChI=1S/C14H24O2/c1-10-8-12(14(2,3)4)7-6-11(10)9-13(15)16-5/h11-12H,1,6-9H2,2-5H3/t11-,12+/m1/s1. The normalized spacial score (nSPS) is 26.6. The second-order valence-electron chi connectivity index (χ2n) is 5.98. The van der Waals surface area contributed by atoms with Gasteiger partial charge in [0.15, 0.2) is 0 Å². The maximum absolute atomic E-state index is 11.2. The summed E-state index contributed by atoms with van der Waals surface area (Å²) in [4.78, 5) is 11.2. The molecule has 0 bridgehead atoms. The van der Waals surface area contributed by atoms with E-state index in [9.17, 15) is 4.79 Å². The van der Waals surface area contributed by atoms with Gasteiger partial charge < -0.3 is 4.74 Å². The fourth-order valence-corrected chi connectivity index (χ4v) is 2.46. The monoisotopic (exact) mass is 224 g/mol. The van der Waals surface area contributed by atoms with Gasteiger partial charge in [0.25, 0.3) is 0 Å². The van der Waals surface area contributed by atoms with Gasteiger partial charge in [0.2, 0.25) is 0 Å². The Bertz CT molecular complexity index is 273. The number of methoxy groups -OCH3 is 1. The molecule has 92 valence electrons. The molecule has 1 aliphatic rings. The van der Waals surface area contributed by atoms with Gasteiger partial charge in [-0.3, -0.25) is 4.79 Å². The fraction of sp³-hybridized carbons (Fsp3) is 0.786. The lowest BCUT2D eigenvalue weighted by Crippen LogP contribution is -2.28. The Labute approximate surface area is 99.1 Å². The van der Waals surface area contributed by atoms with Crippen molar-refractivity contribution in [3.05, 3.63) is 12.2 Å². The van der Waals surface area contributed by atoms with Gasteiger partial charge in [-0.05, 0) is 36.5 Å². The minimum absolute atomic E-state index is 0.111. The maximum Gasteiger partial charge on any atom is 0.306 e. The van der Waals surface area contributed by atoms with Crippen LogP contribution in [0.3, 0.4) is 0 Å². The molecule has 0 radical (unpaired) electrons. The number of allylic oxidation sites excluding steroid dienone is 1. The van der Waals surface area contributed by atoms with Crippen LogP contribution >= 0.6 is 0 Å². The van der Waals surface area contributed by atoms with Crippen molar-refractivity contribution in [2.24, 2.45) is 17.3 Å². The van der Waals surface area contributed by atoms with Crippen LogP contribution in [-0.2, 0) is 9.53 Å². The van der Waals surface area contributed by atoms with E-state index in [0.29, 0.717) is 23.7 Å². The van der Waals surface area contributed by atoms with Crippen LogP contribution in [0, 0.1) is 17.3 Å². The Balaban J connectivity index is 2.53. The van der Waals surface area contributed by atoms with Crippen molar-refractivity contribution >= 4 is 5.97 Å². The summed E-state index contributed by atoms with van der Waals surface area (Å²) >= 11 is 0. The molecule has 2 atom stereocenters. The minimum Gasteiger partial charge on any atom is -0.469 e. The first-order valence-electron chi connectivity index (χ1n) is 6.09. The predicted molar refractivity (Wildman–Crippen MR) is 66.1 cm³/mol. The molecule has 1 saturated carbocycles. The van der Waals surface area contributed by atoms with Crippen LogP contribution in [0.15, 0.2) is 12.2 Å². The maximum atomic E-state index is 11.2. The number of esters is 1. The number of carbonyl (C=O) groups excluding carboxylic acids is 1. The summed E-state index contributed by atoms with van der Waals surface area (Å²) in [5, 5.41) is 0. The number of hydrogen-bond donors (Lipinski definition) is 0. The molecular weight excluding hydrogens is 200 g/mol. The fourth-order valence-electron chi connectivity index (χ4n) is 2.46. The molecule has 2 nitrogen and oxygen atoms in total. The molecule has 0 aromatic heterocycles. The third kappa shape index (κ3) is 3.36. The Hall–Kier alpha value is -0.790. The van der Waals surface area contributed by atoms with E-state index in [1.165, 1.54) is 19.1 Å². The zero-order valence-corrected chi connectivity index (χ0v) is 11.0. The lowest BCUT2D eigenvalue weighted by atomic mass is 9.67. The summed E-state index contributed by atoms with van der Waals surface area (Å²) in [6.07, 6.45) is 3.84. The number of carbonyl (C=O) groups is 1. The average molecular weight is 224 g/mol. The third-order valence-corrected chi connectivity index (χ3v) is 3.82. The van der Waals surface area contributed by atoms with Crippen molar-refractivity contribution in [3.8, 4) is 0 Å². The second kappa shape index (κ2) is 5.03. The zero-order valence-electron chi connectivity index (χ0n) is 11.0. The predicted octanol–water partition coefficient (Wildman–Crippen LogP) is 3.57. The van der Waals surface area contributed by atoms with Crippen molar-refractivity contribution in [2.75, 3.05) is 7.11 Å². The smallest absolute Gasteiger partial charge is 0.306 e. The van der Waals surface area contributed by atoms with Crippen molar-refractivity contribution in [3.63, 3.8) is 0 Å². The first-order chi connectivity index (χ1) is 7.34. The van der Waals surface area contributed by atoms with E-state index < -0.39 is 0 Å². The summed E-state index contributed by atoms with van der Waals surface area (Å²) in [6, 6.07) is 0. The third-order valence-electron chi connectivity index (χ3n) is 3.82. The van der Waals surface area contributed by atoms with Crippen molar-refractivity contribution in [2.45, 2.75) is 46.5 Å². The second-order valence-corrected chi connectivity index (χ2v) is 5.98. The minimum atomic E-state index is -0.111. The summed E-state index contributed by atoms with van der Waals surface area (Å²) in [7, 11) is 1.45. The highest BCUT2D eigenvalue weighted by atomic mass is 16.5. The summed E-state index contributed by atoms with van der Waals surface area (Å²) in [5.41, 5.74) is 1.58. The molecule has 0 aromatic carbocycles. The van der Waals surface area contributed by atoms with Gasteiger partial charge in [0, 0.05) is 0 Å². The van der Waals surface area contributed by atoms with Crippen LogP contribution in [-0.4, -0.2) is 13.1 Å². The Morgan fingerprint density at radius 1 is 1.44 bits per heavy atom. The molecule has 0 unspecified atom stereocenters. The van der Waals surface area contributed by atoms with Crippen LogP contribution in [0.2, 0.25) is 0 Å². The quantitative estimate of drug-likeness (QED) is 0.529. The molecular formula is C14H24O2. The first kappa shape index (κ1) is 13.3. The van der Waals surface area contributed by atoms with Crippen LogP contribution in [0.5, 0.6) is 0 Å². The van der Waals surface area contributed by atoms with E-state index in [1.807, 2.05) is 0 Å². The molecule has 0 aliphatic heterocycles. The molecule has 0 heterocycles. The molecule has 1 aliphatic carbocycles. The van der Waals surface area contributed by atoms with Gasteiger partial charge in [0.05, 0.1) is 13.5 Å². The molecule has 0 amide bonds. The topological polar surface area (TPSA) is 26.3 Å². The molecule has 1 rings (SSSR count). The van der Waals surface area contributed by atoms with E-state index in [1.54, 1.807) is 0 Å². The van der Waals surface area contributed by atoms with Crippen molar-refractivity contribution < 1.29 is 9.53 Å². The molecule has 0 spiro atoms. The van der Waals surface area contributed by atoms with E-state index in [0.717, 1.165) is 12.8 Å². The van der Waals surface area contributed by atoms with Gasteiger partial charge in [-0.2, -0.15) is 0 Å². The number of rotatable bonds is 2. The van der Waals surface area contributed by atoms with Gasteiger partial charge in [-0.25, -0.2) is 0 Å². The molecule has 0 saturated heterocycles. The van der Waals surface area contributed by atoms with E-state index in [2.05, 4.69) is 27.4 Å². The van der Waals surface area contributed by atoms with Crippen LogP contribution in [0.25, 0.3) is 0 Å². The molecule has 0 aromatic rings. The molecule has 2 heteroatoms. The summed E-state index contributed by atoms with van der Waals surface area (Å²) < 4.78 is 4.72. The average Bonchev–Trinajstić information content (AvgIpc) is 2.19. The largest absolute Gasteiger partial charge is 0.469 e. The van der Waals surface area contributed by atoms with Crippen LogP contribution in [0.4, 0.5) is 0 Å². The highest BCUT2D eigenvalue weighted by molar-refractivity contribution is 5.69. The van der Waals surface area contributed by atoms with Gasteiger partial charge >= 0.3 is 5.97 Å². The van der Waals surface area contributed by atoms with Gasteiger partial charge in [-0.15, -0.1) is 0 Å². The van der Waals surface area contributed by atoms with Crippen molar-refractivity contribution in [1.29, 1.82) is 0 Å². The zero-order chi connectivity index (χ0) is 12.3. The number of hydrogen-bond acceptors (Lipinski definition) is 2. The SMILES string of the molecule is C=C1C[C@@H](C(C)(C)C)CC[C@@H]1CC(=O)OC. The van der Waals surface area contributed by atoms with E-state index in [4.69, 9.17) is 4.74 Å². The Morgan fingerprint density at radius 2 is 2.06 bits per heavy atom. The van der Waals surface area contributed by atoms with Crippen LogP contribution in [0.1, 0.15) is 46.5 Å². The Morgan fingerprint density at radius 3 is 2.50 bits per heavy atom. The van der Waals surface area contributed by atoms with Crippen LogP contribution < -0.4 is 0 Å². The summed E-state index contributed by atoms with van der Waals surface area (Å²) in [6.45, 7) is 11.0. The van der Waals surface area contributed by atoms with Gasteiger partial charge in [-0.1, -0.05) is 32.9 Å². The highest BCUT2D eigenvalue weighted by Gasteiger charge is 2.32. The van der Waals surface area contributed by atoms with Crippen molar-refractivity contribution in [1.82, 2.24) is 0 Å². The first-order valence-corrected chi connectivity index (χ1v) is 6.09. The highest BCUT2D eigenvalue weighted by Crippen LogP contribution is 2.42. The summed E-state index contributed by atoms with van der Waals surface area (Å²) in [5.74, 6) is 0.931. The lowest BCUT2D eigenvalue weighted by Gasteiger charge is -2.38. The molecule has 0 N–H and O–H groups in total. The lowest BCUT2D eigenvalue weighted by molar-refractivity contribution is -0.141.